The van der Waals surface area contributed by atoms with Gasteiger partial charge in [0.25, 0.3) is 5.56 Å². The fourth-order valence-electron chi connectivity index (χ4n) is 1.19. The number of amidine groups is 1. The smallest absolute Gasteiger partial charge is 0.257 e. The van der Waals surface area contributed by atoms with E-state index in [1.165, 1.54) is 17.1 Å². The van der Waals surface area contributed by atoms with Gasteiger partial charge >= 0.3 is 0 Å². The van der Waals surface area contributed by atoms with E-state index in [2.05, 4.69) is 10.1 Å². The topological polar surface area (TPSA) is 93.5 Å². The van der Waals surface area contributed by atoms with Crippen LogP contribution in [0.5, 0.6) is 0 Å². The second-order valence-electron chi connectivity index (χ2n) is 3.49. The van der Waals surface area contributed by atoms with Crippen LogP contribution in [0.3, 0.4) is 0 Å². The Morgan fingerprint density at radius 3 is 2.93 bits per heavy atom. The lowest BCUT2D eigenvalue weighted by molar-refractivity contribution is 0.317. The lowest BCUT2D eigenvalue weighted by Gasteiger charge is -2.09. The number of nitrogens with two attached hydrogens (primary N) is 1. The van der Waals surface area contributed by atoms with Crippen LogP contribution in [0.25, 0.3) is 0 Å². The maximum atomic E-state index is 11.8. The molecule has 82 valence electrons. The third-order valence-electron chi connectivity index (χ3n) is 1.99. The average Bonchev–Trinajstić information content (AvgIpc) is 2.20. The van der Waals surface area contributed by atoms with Crippen LogP contribution in [0.4, 0.5) is 0 Å². The van der Waals surface area contributed by atoms with Gasteiger partial charge in [0.1, 0.15) is 5.84 Å². The molecule has 0 unspecified atom stereocenters. The minimum Gasteiger partial charge on any atom is -0.409 e. The summed E-state index contributed by atoms with van der Waals surface area (Å²) in [6.07, 6.45) is 3.01. The van der Waals surface area contributed by atoms with Gasteiger partial charge in [-0.3, -0.25) is 9.36 Å². The predicted octanol–water partition coefficient (Wildman–Crippen LogP) is 0.113. The molecule has 0 saturated carbocycles. The molecular weight excluding hydrogens is 196 g/mol. The van der Waals surface area contributed by atoms with Crippen LogP contribution in [0.2, 0.25) is 0 Å². The van der Waals surface area contributed by atoms with Gasteiger partial charge in [-0.2, -0.15) is 0 Å². The molecule has 1 rings (SSSR count). The van der Waals surface area contributed by atoms with Crippen molar-refractivity contribution in [1.82, 2.24) is 9.55 Å². The minimum absolute atomic E-state index is 0.00425. The van der Waals surface area contributed by atoms with Crippen molar-refractivity contribution in [1.29, 1.82) is 0 Å². The van der Waals surface area contributed by atoms with Gasteiger partial charge < -0.3 is 10.9 Å². The van der Waals surface area contributed by atoms with Crippen molar-refractivity contribution in [2.45, 2.75) is 26.3 Å². The zero-order chi connectivity index (χ0) is 11.4. The van der Waals surface area contributed by atoms with E-state index < -0.39 is 0 Å². The first-order chi connectivity index (χ1) is 7.06. The third kappa shape index (κ3) is 2.55. The molecule has 0 saturated heterocycles. The van der Waals surface area contributed by atoms with Crippen molar-refractivity contribution in [2.75, 3.05) is 0 Å². The van der Waals surface area contributed by atoms with E-state index in [0.29, 0.717) is 5.56 Å². The van der Waals surface area contributed by atoms with Gasteiger partial charge in [-0.1, -0.05) is 5.16 Å². The van der Waals surface area contributed by atoms with Gasteiger partial charge in [0.05, 0.1) is 6.33 Å². The Labute approximate surface area is 87.1 Å². The summed E-state index contributed by atoms with van der Waals surface area (Å²) < 4.78 is 1.50. The Kier molecular flexibility index (Phi) is 3.43. The molecule has 0 radical (unpaired) electrons. The van der Waals surface area contributed by atoms with Crippen molar-refractivity contribution in [3.05, 3.63) is 28.4 Å². The molecule has 15 heavy (non-hydrogen) atoms. The van der Waals surface area contributed by atoms with Crippen LogP contribution in [-0.4, -0.2) is 20.6 Å². The fraction of sp³-hybridized carbons (Fsp3) is 0.444. The summed E-state index contributed by atoms with van der Waals surface area (Å²) in [5.74, 6) is -0.00425. The van der Waals surface area contributed by atoms with Crippen LogP contribution in [0.1, 0.15) is 25.5 Å². The minimum atomic E-state index is -0.161. The molecule has 0 fully saturated rings. The van der Waals surface area contributed by atoms with Crippen LogP contribution >= 0.6 is 0 Å². The van der Waals surface area contributed by atoms with Gasteiger partial charge in [0, 0.05) is 24.2 Å². The van der Waals surface area contributed by atoms with Crippen LogP contribution < -0.4 is 11.3 Å². The Balaban J connectivity index is 3.11. The number of aromatic nitrogens is 2. The Morgan fingerprint density at radius 2 is 2.40 bits per heavy atom. The predicted molar refractivity (Wildman–Crippen MR) is 56.0 cm³/mol. The van der Waals surface area contributed by atoms with Crippen molar-refractivity contribution in [3.8, 4) is 0 Å². The second-order valence-corrected chi connectivity index (χ2v) is 3.49. The molecule has 6 heteroatoms. The molecule has 0 aliphatic heterocycles. The Hall–Kier alpha value is -1.85. The van der Waals surface area contributed by atoms with E-state index in [4.69, 9.17) is 10.9 Å². The molecule has 3 N–H and O–H groups in total. The van der Waals surface area contributed by atoms with Crippen LogP contribution in [0, 0.1) is 0 Å². The molecule has 6 nitrogen and oxygen atoms in total. The maximum Gasteiger partial charge on any atom is 0.257 e. The molecule has 0 aliphatic rings. The molecular formula is C9H14N4O2. The highest BCUT2D eigenvalue weighted by Gasteiger charge is 2.07. The van der Waals surface area contributed by atoms with Crippen LogP contribution in [-0.2, 0) is 6.42 Å². The third-order valence-corrected chi connectivity index (χ3v) is 1.99. The summed E-state index contributed by atoms with van der Waals surface area (Å²) in [6.45, 7) is 3.77. The van der Waals surface area contributed by atoms with Gasteiger partial charge in [-0.05, 0) is 13.8 Å². The number of hydrogen-bond donors (Lipinski definition) is 2. The molecule has 0 spiro atoms. The Morgan fingerprint density at radius 1 is 1.73 bits per heavy atom. The van der Waals surface area contributed by atoms with Crippen molar-refractivity contribution < 1.29 is 5.21 Å². The summed E-state index contributed by atoms with van der Waals surface area (Å²) >= 11 is 0. The number of rotatable bonds is 3. The van der Waals surface area contributed by atoms with Crippen molar-refractivity contribution >= 4 is 5.84 Å². The summed E-state index contributed by atoms with van der Waals surface area (Å²) in [6, 6.07) is 0.0391. The summed E-state index contributed by atoms with van der Waals surface area (Å²) in [5, 5.41) is 11.2. The first kappa shape index (κ1) is 11.2. The quantitative estimate of drug-likeness (QED) is 0.320. The lowest BCUT2D eigenvalue weighted by atomic mass is 10.2. The molecule has 1 aromatic heterocycles. The lowest BCUT2D eigenvalue weighted by Crippen LogP contribution is -2.28. The van der Waals surface area contributed by atoms with E-state index in [1.807, 2.05) is 13.8 Å². The number of nitrogens with zero attached hydrogens (tertiary/aromatic N) is 3. The second kappa shape index (κ2) is 4.59. The highest BCUT2D eigenvalue weighted by Crippen LogP contribution is 1.99. The maximum absolute atomic E-state index is 11.8. The van der Waals surface area contributed by atoms with Gasteiger partial charge in [-0.25, -0.2) is 4.98 Å². The van der Waals surface area contributed by atoms with E-state index >= 15 is 0 Å². The van der Waals surface area contributed by atoms with E-state index in [9.17, 15) is 4.79 Å². The molecule has 0 aliphatic carbocycles. The van der Waals surface area contributed by atoms with Crippen molar-refractivity contribution in [2.24, 2.45) is 10.9 Å². The highest BCUT2D eigenvalue weighted by atomic mass is 16.4. The summed E-state index contributed by atoms with van der Waals surface area (Å²) in [4.78, 5) is 15.7. The first-order valence-electron chi connectivity index (χ1n) is 4.57. The monoisotopic (exact) mass is 210 g/mol. The standard InChI is InChI=1S/C9H14N4O2/c1-6(2)13-5-11-4-7(9(13)14)3-8(10)12-15/h4-6,15H,3H2,1-2H3,(H2,10,12). The van der Waals surface area contributed by atoms with Gasteiger partial charge in [0.15, 0.2) is 0 Å². The molecule has 1 heterocycles. The van der Waals surface area contributed by atoms with Crippen molar-refractivity contribution in [3.63, 3.8) is 0 Å². The SMILES string of the molecule is CC(C)n1cncc(C/C(N)=N/O)c1=O. The molecule has 0 aromatic carbocycles. The highest BCUT2D eigenvalue weighted by molar-refractivity contribution is 5.81. The van der Waals surface area contributed by atoms with Gasteiger partial charge in [-0.15, -0.1) is 0 Å². The first-order valence-corrected chi connectivity index (χ1v) is 4.57. The summed E-state index contributed by atoms with van der Waals surface area (Å²) in [7, 11) is 0. The number of hydrogen-bond acceptors (Lipinski definition) is 4. The normalized spacial score (nSPS) is 12.1. The fourth-order valence-corrected chi connectivity index (χ4v) is 1.19. The average molecular weight is 210 g/mol. The van der Waals surface area contributed by atoms with Crippen LogP contribution in [0.15, 0.2) is 22.5 Å². The number of oxime groups is 1. The zero-order valence-electron chi connectivity index (χ0n) is 8.71. The Bertz CT molecular complexity index is 422. The molecule has 0 atom stereocenters. The molecule has 0 amide bonds. The van der Waals surface area contributed by atoms with E-state index in [0.717, 1.165) is 0 Å². The largest absolute Gasteiger partial charge is 0.409 e. The zero-order valence-corrected chi connectivity index (χ0v) is 8.71. The molecule has 1 aromatic rings. The van der Waals surface area contributed by atoms with Gasteiger partial charge in [0.2, 0.25) is 0 Å². The molecule has 0 bridgehead atoms. The van der Waals surface area contributed by atoms with E-state index in [1.54, 1.807) is 0 Å². The van der Waals surface area contributed by atoms with E-state index in [-0.39, 0.29) is 23.9 Å². The summed E-state index contributed by atoms with van der Waals surface area (Å²) in [5.41, 5.74) is 5.58.